The molecule has 0 aliphatic carbocycles. The molecule has 1 aromatic carbocycles. The van der Waals surface area contributed by atoms with Crippen LogP contribution in [0.25, 0.3) is 0 Å². The van der Waals surface area contributed by atoms with Crippen molar-refractivity contribution in [2.24, 2.45) is 10.9 Å². The Morgan fingerprint density at radius 1 is 0.906 bits per heavy atom. The maximum atomic E-state index is 13.1. The minimum atomic E-state index is -0.789. The van der Waals surface area contributed by atoms with E-state index < -0.39 is 23.3 Å². The molecule has 0 fully saturated rings. The number of amides is 1. The van der Waals surface area contributed by atoms with Crippen LogP contribution in [0.2, 0.25) is 0 Å². The second-order valence-electron chi connectivity index (χ2n) is 10.3. The number of carbonyl (C=O) groups excluding carboxylic acids is 3. The highest BCUT2D eigenvalue weighted by Gasteiger charge is 2.24. The lowest BCUT2D eigenvalue weighted by molar-refractivity contribution is -0.156. The molecule has 0 aliphatic rings. The molecule has 0 bridgehead atoms. The molecule has 0 saturated carbocycles. The minimum absolute atomic E-state index is 0.0562. The number of aliphatic imine (C=N–C) groups is 1. The summed E-state index contributed by atoms with van der Waals surface area (Å²) in [6, 6.07) is 9.56. The largest absolute Gasteiger partial charge is 0.459 e. The van der Waals surface area contributed by atoms with Crippen molar-refractivity contribution in [1.29, 1.82) is 0 Å². The number of Topliss-reactive ketones (excluding diaryl/α,β-unsaturated/α-hetero) is 1. The molecular weight excluding hydrogens is 408 g/mol. The summed E-state index contributed by atoms with van der Waals surface area (Å²) in [5, 5.41) is 0. The van der Waals surface area contributed by atoms with Crippen molar-refractivity contribution in [3.8, 4) is 0 Å². The number of esters is 1. The van der Waals surface area contributed by atoms with Gasteiger partial charge >= 0.3 is 12.1 Å². The lowest BCUT2D eigenvalue weighted by Crippen LogP contribution is -2.39. The predicted molar refractivity (Wildman–Crippen MR) is 126 cm³/mol. The van der Waals surface area contributed by atoms with Crippen LogP contribution in [0.5, 0.6) is 0 Å². The van der Waals surface area contributed by atoms with E-state index in [-0.39, 0.29) is 30.5 Å². The molecule has 1 amide bonds. The normalized spacial score (nSPS) is 12.8. The van der Waals surface area contributed by atoms with Crippen molar-refractivity contribution in [1.82, 2.24) is 4.90 Å². The smallest absolute Gasteiger partial charge is 0.434 e. The summed E-state index contributed by atoms with van der Waals surface area (Å²) in [7, 11) is 0. The monoisotopic (exact) mass is 446 g/mol. The maximum absolute atomic E-state index is 13.1. The first kappa shape index (κ1) is 27.5. The summed E-state index contributed by atoms with van der Waals surface area (Å²) in [6.45, 7) is 14.8. The fraction of sp³-hybridized carbons (Fsp3) is 0.600. The van der Waals surface area contributed by atoms with Gasteiger partial charge in [-0.2, -0.15) is 4.99 Å². The van der Waals surface area contributed by atoms with Crippen LogP contribution in [-0.4, -0.2) is 52.7 Å². The average molecular weight is 447 g/mol. The maximum Gasteiger partial charge on any atom is 0.434 e. The molecule has 0 radical (unpaired) electrons. The lowest BCUT2D eigenvalue weighted by Gasteiger charge is -2.25. The van der Waals surface area contributed by atoms with Gasteiger partial charge in [0.25, 0.3) is 0 Å². The Kier molecular flexibility index (Phi) is 10.2. The molecule has 1 aromatic rings. The third-order valence-corrected chi connectivity index (χ3v) is 3.93. The highest BCUT2D eigenvalue weighted by molar-refractivity contribution is 6.41. The van der Waals surface area contributed by atoms with Gasteiger partial charge in [0.15, 0.2) is 5.78 Å². The number of ketones is 1. The molecular formula is C25H38N2O5. The van der Waals surface area contributed by atoms with E-state index in [2.05, 4.69) is 4.99 Å². The van der Waals surface area contributed by atoms with E-state index in [1.165, 1.54) is 0 Å². The van der Waals surface area contributed by atoms with Crippen LogP contribution < -0.4 is 0 Å². The summed E-state index contributed by atoms with van der Waals surface area (Å²) in [4.78, 5) is 43.4. The van der Waals surface area contributed by atoms with E-state index in [1.807, 2.05) is 44.2 Å². The van der Waals surface area contributed by atoms with Crippen LogP contribution in [0.4, 0.5) is 4.79 Å². The van der Waals surface area contributed by atoms with Crippen molar-refractivity contribution in [3.05, 3.63) is 35.9 Å². The third-order valence-electron chi connectivity index (χ3n) is 3.93. The van der Waals surface area contributed by atoms with Gasteiger partial charge in [0.05, 0.1) is 18.8 Å². The summed E-state index contributed by atoms with van der Waals surface area (Å²) >= 11 is 0. The van der Waals surface area contributed by atoms with E-state index >= 15 is 0 Å². The van der Waals surface area contributed by atoms with Gasteiger partial charge in [0, 0.05) is 6.54 Å². The van der Waals surface area contributed by atoms with E-state index in [4.69, 9.17) is 9.47 Å². The zero-order valence-electron chi connectivity index (χ0n) is 20.7. The number of rotatable bonds is 9. The molecule has 0 aromatic heterocycles. The molecule has 0 heterocycles. The summed E-state index contributed by atoms with van der Waals surface area (Å²) in [5.74, 6) is -0.617. The van der Waals surface area contributed by atoms with Crippen LogP contribution in [0, 0.1) is 5.92 Å². The molecule has 0 saturated heterocycles. The quantitative estimate of drug-likeness (QED) is 0.399. The lowest BCUT2D eigenvalue weighted by atomic mass is 10.0. The molecule has 7 heteroatoms. The van der Waals surface area contributed by atoms with Gasteiger partial charge in [-0.15, -0.1) is 0 Å². The first-order chi connectivity index (χ1) is 14.6. The molecule has 7 nitrogen and oxygen atoms in total. The summed E-state index contributed by atoms with van der Waals surface area (Å²) in [6.07, 6.45) is -0.452. The second-order valence-corrected chi connectivity index (χ2v) is 10.3. The topological polar surface area (TPSA) is 85.3 Å². The van der Waals surface area contributed by atoms with Gasteiger partial charge in [-0.05, 0) is 59.4 Å². The highest BCUT2D eigenvalue weighted by Crippen LogP contribution is 2.13. The fourth-order valence-electron chi connectivity index (χ4n) is 2.86. The molecule has 178 valence electrons. The molecule has 0 atom stereocenters. The fourth-order valence-corrected chi connectivity index (χ4v) is 2.86. The zero-order valence-corrected chi connectivity index (χ0v) is 20.7. The molecule has 0 N–H and O–H groups in total. The Morgan fingerprint density at radius 3 is 1.97 bits per heavy atom. The van der Waals surface area contributed by atoms with Crippen LogP contribution in [0.1, 0.15) is 67.4 Å². The summed E-state index contributed by atoms with van der Waals surface area (Å²) < 4.78 is 10.7. The van der Waals surface area contributed by atoms with Crippen molar-refractivity contribution in [3.63, 3.8) is 0 Å². The van der Waals surface area contributed by atoms with E-state index in [1.54, 1.807) is 46.4 Å². The molecule has 0 unspecified atom stereocenters. The number of carbonyl (C=O) groups is 3. The Balaban J connectivity index is 3.06. The van der Waals surface area contributed by atoms with E-state index in [0.717, 1.165) is 5.56 Å². The molecule has 32 heavy (non-hydrogen) atoms. The SMILES string of the molecule is CC(C)C/C(=N/C(=O)OC(C)(C)C)C(=O)CN(CC(=O)OC(C)(C)C)Cc1ccccc1. The predicted octanol–water partition coefficient (Wildman–Crippen LogP) is 4.82. The second kappa shape index (κ2) is 11.9. The van der Waals surface area contributed by atoms with Gasteiger partial charge in [-0.3, -0.25) is 14.5 Å². The Bertz CT molecular complexity index is 802. The number of hydrogen-bond donors (Lipinski definition) is 0. The van der Waals surface area contributed by atoms with Crippen LogP contribution in [-0.2, 0) is 25.6 Å². The standard InChI is InChI=1S/C25H38N2O5/c1-18(2)14-20(26-23(30)32-25(6,7)8)21(28)16-27(15-19-12-10-9-11-13-19)17-22(29)31-24(3,4)5/h9-13,18H,14-17H2,1-8H3/b26-20-. The van der Waals surface area contributed by atoms with Gasteiger partial charge in [-0.1, -0.05) is 44.2 Å². The minimum Gasteiger partial charge on any atom is -0.459 e. The first-order valence-corrected chi connectivity index (χ1v) is 11.0. The summed E-state index contributed by atoms with van der Waals surface area (Å²) in [5.41, 5.74) is -0.224. The third kappa shape index (κ3) is 12.3. The number of nitrogens with zero attached hydrogens (tertiary/aromatic N) is 2. The Hall–Kier alpha value is -2.54. The Morgan fingerprint density at radius 2 is 1.47 bits per heavy atom. The van der Waals surface area contributed by atoms with E-state index in [9.17, 15) is 14.4 Å². The molecule has 1 rings (SSSR count). The van der Waals surface area contributed by atoms with Gasteiger partial charge in [0.1, 0.15) is 11.2 Å². The van der Waals surface area contributed by atoms with Crippen molar-refractivity contribution in [2.75, 3.05) is 13.1 Å². The van der Waals surface area contributed by atoms with Crippen molar-refractivity contribution < 1.29 is 23.9 Å². The molecule has 0 aliphatic heterocycles. The number of hydrogen-bond acceptors (Lipinski definition) is 6. The van der Waals surface area contributed by atoms with Crippen molar-refractivity contribution in [2.45, 2.75) is 79.6 Å². The van der Waals surface area contributed by atoms with Gasteiger partial charge in [-0.25, -0.2) is 4.79 Å². The first-order valence-electron chi connectivity index (χ1n) is 11.0. The van der Waals surface area contributed by atoms with Gasteiger partial charge in [0.2, 0.25) is 0 Å². The van der Waals surface area contributed by atoms with Crippen LogP contribution in [0.15, 0.2) is 35.3 Å². The average Bonchev–Trinajstić information content (AvgIpc) is 2.58. The number of ether oxygens (including phenoxy) is 2. The van der Waals surface area contributed by atoms with Gasteiger partial charge < -0.3 is 9.47 Å². The van der Waals surface area contributed by atoms with E-state index in [0.29, 0.717) is 13.0 Å². The highest BCUT2D eigenvalue weighted by atomic mass is 16.6. The van der Waals surface area contributed by atoms with Crippen molar-refractivity contribution >= 4 is 23.6 Å². The van der Waals surface area contributed by atoms with Crippen LogP contribution >= 0.6 is 0 Å². The van der Waals surface area contributed by atoms with Crippen LogP contribution in [0.3, 0.4) is 0 Å². The Labute approximate surface area is 192 Å². The number of benzene rings is 1. The molecule has 0 spiro atoms. The zero-order chi connectivity index (χ0) is 24.5.